The fourth-order valence-electron chi connectivity index (χ4n) is 2.65. The number of rotatable bonds is 3. The van der Waals surface area contributed by atoms with Gasteiger partial charge in [-0.05, 0) is 50.5 Å². The molecule has 6 heteroatoms. The molecule has 1 fully saturated rings. The summed E-state index contributed by atoms with van der Waals surface area (Å²) in [6.45, 7) is 3.76. The van der Waals surface area contributed by atoms with Crippen LogP contribution in [0, 0.1) is 6.92 Å². The first-order chi connectivity index (χ1) is 9.20. The SMILES string of the molecule is Cc1cc(C(=O)NC2(C)CCCC2)cc(S(=O)(=O)Cl)c1. The Bertz CT molecular complexity index is 634. The lowest BCUT2D eigenvalue weighted by Crippen LogP contribution is -2.43. The maximum Gasteiger partial charge on any atom is 0.261 e. The molecule has 0 unspecified atom stereocenters. The molecule has 2 rings (SSSR count). The third-order valence-electron chi connectivity index (χ3n) is 3.72. The normalized spacial score (nSPS) is 17.9. The van der Waals surface area contributed by atoms with E-state index >= 15 is 0 Å². The Morgan fingerprint density at radius 1 is 1.25 bits per heavy atom. The first-order valence-electron chi connectivity index (χ1n) is 6.59. The van der Waals surface area contributed by atoms with Crippen molar-refractivity contribution in [1.82, 2.24) is 5.32 Å². The van der Waals surface area contributed by atoms with Crippen LogP contribution in [0.1, 0.15) is 48.5 Å². The molecule has 0 spiro atoms. The standard InChI is InChI=1S/C14H18ClNO3S/c1-10-7-11(9-12(8-10)20(15,18)19)13(17)16-14(2)5-3-4-6-14/h7-9H,3-6H2,1-2H3,(H,16,17). The lowest BCUT2D eigenvalue weighted by molar-refractivity contribution is 0.0908. The summed E-state index contributed by atoms with van der Waals surface area (Å²) >= 11 is 0. The predicted octanol–water partition coefficient (Wildman–Crippen LogP) is 2.99. The van der Waals surface area contributed by atoms with Crippen LogP contribution in [-0.2, 0) is 9.05 Å². The van der Waals surface area contributed by atoms with Crippen LogP contribution in [0.25, 0.3) is 0 Å². The summed E-state index contributed by atoms with van der Waals surface area (Å²) in [5.41, 5.74) is 0.826. The highest BCUT2D eigenvalue weighted by Crippen LogP contribution is 2.29. The molecular weight excluding hydrogens is 298 g/mol. The molecule has 20 heavy (non-hydrogen) atoms. The number of nitrogens with one attached hydrogen (secondary N) is 1. The maximum absolute atomic E-state index is 12.3. The molecule has 4 nitrogen and oxygen atoms in total. The Balaban J connectivity index is 2.28. The van der Waals surface area contributed by atoms with Crippen LogP contribution in [-0.4, -0.2) is 19.9 Å². The van der Waals surface area contributed by atoms with Crippen molar-refractivity contribution in [3.63, 3.8) is 0 Å². The topological polar surface area (TPSA) is 63.2 Å². The smallest absolute Gasteiger partial charge is 0.261 e. The van der Waals surface area contributed by atoms with Gasteiger partial charge in [-0.2, -0.15) is 0 Å². The van der Waals surface area contributed by atoms with Crippen molar-refractivity contribution < 1.29 is 13.2 Å². The number of benzene rings is 1. The minimum atomic E-state index is -3.83. The van der Waals surface area contributed by atoms with Gasteiger partial charge in [-0.3, -0.25) is 4.79 Å². The Labute approximate surface area is 123 Å². The van der Waals surface area contributed by atoms with E-state index in [1.54, 1.807) is 13.0 Å². The fourth-order valence-corrected chi connectivity index (χ4v) is 3.51. The largest absolute Gasteiger partial charge is 0.347 e. The fraction of sp³-hybridized carbons (Fsp3) is 0.500. The zero-order chi connectivity index (χ0) is 15.0. The Morgan fingerprint density at radius 2 is 1.85 bits per heavy atom. The van der Waals surface area contributed by atoms with Gasteiger partial charge in [0.1, 0.15) is 0 Å². The number of carbonyl (C=O) groups is 1. The molecule has 1 aliphatic rings. The lowest BCUT2D eigenvalue weighted by Gasteiger charge is -2.25. The van der Waals surface area contributed by atoms with Crippen LogP contribution in [0.3, 0.4) is 0 Å². The highest BCUT2D eigenvalue weighted by molar-refractivity contribution is 8.13. The summed E-state index contributed by atoms with van der Waals surface area (Å²) in [5, 5.41) is 3.00. The summed E-state index contributed by atoms with van der Waals surface area (Å²) in [6.07, 6.45) is 4.11. The van der Waals surface area contributed by atoms with Crippen LogP contribution in [0.4, 0.5) is 0 Å². The van der Waals surface area contributed by atoms with E-state index < -0.39 is 9.05 Å². The van der Waals surface area contributed by atoms with Crippen LogP contribution in [0.15, 0.2) is 23.1 Å². The molecule has 110 valence electrons. The quantitative estimate of drug-likeness (QED) is 0.872. The number of hydrogen-bond donors (Lipinski definition) is 1. The molecule has 1 saturated carbocycles. The second-order valence-corrected chi connectivity index (χ2v) is 8.26. The molecule has 0 heterocycles. The van der Waals surface area contributed by atoms with E-state index in [0.29, 0.717) is 11.1 Å². The van der Waals surface area contributed by atoms with E-state index in [4.69, 9.17) is 10.7 Å². The minimum absolute atomic E-state index is 0.0408. The third kappa shape index (κ3) is 3.52. The molecule has 1 aromatic carbocycles. The second kappa shape index (κ2) is 5.37. The van der Waals surface area contributed by atoms with Gasteiger partial charge in [0.25, 0.3) is 15.0 Å². The van der Waals surface area contributed by atoms with Crippen LogP contribution in [0.2, 0.25) is 0 Å². The van der Waals surface area contributed by atoms with Gasteiger partial charge in [0.15, 0.2) is 0 Å². The summed E-state index contributed by atoms with van der Waals surface area (Å²) < 4.78 is 22.8. The van der Waals surface area contributed by atoms with Gasteiger partial charge in [-0.25, -0.2) is 8.42 Å². The average Bonchev–Trinajstić information content (AvgIpc) is 2.73. The molecule has 1 N–H and O–H groups in total. The Kier molecular flexibility index (Phi) is 4.12. The molecule has 1 aromatic rings. The number of hydrogen-bond acceptors (Lipinski definition) is 3. The van der Waals surface area contributed by atoms with E-state index in [2.05, 4.69) is 5.32 Å². The molecule has 0 aromatic heterocycles. The average molecular weight is 316 g/mol. The van der Waals surface area contributed by atoms with Crippen molar-refractivity contribution in [3.8, 4) is 0 Å². The van der Waals surface area contributed by atoms with Crippen molar-refractivity contribution >= 4 is 25.6 Å². The van der Waals surface area contributed by atoms with Gasteiger partial charge in [-0.1, -0.05) is 12.8 Å². The molecule has 0 saturated heterocycles. The Morgan fingerprint density at radius 3 is 2.40 bits per heavy atom. The number of aryl methyl sites for hydroxylation is 1. The van der Waals surface area contributed by atoms with E-state index in [1.165, 1.54) is 12.1 Å². The van der Waals surface area contributed by atoms with Crippen molar-refractivity contribution in [1.29, 1.82) is 0 Å². The van der Waals surface area contributed by atoms with Gasteiger partial charge in [-0.15, -0.1) is 0 Å². The second-order valence-electron chi connectivity index (χ2n) is 5.69. The number of carbonyl (C=O) groups excluding carboxylic acids is 1. The molecule has 0 bridgehead atoms. The van der Waals surface area contributed by atoms with Crippen molar-refractivity contribution in [2.75, 3.05) is 0 Å². The number of halogens is 1. The van der Waals surface area contributed by atoms with Crippen LogP contribution in [0.5, 0.6) is 0 Å². The van der Waals surface area contributed by atoms with Gasteiger partial charge < -0.3 is 5.32 Å². The predicted molar refractivity (Wildman–Crippen MR) is 78.6 cm³/mol. The van der Waals surface area contributed by atoms with E-state index in [9.17, 15) is 13.2 Å². The minimum Gasteiger partial charge on any atom is -0.347 e. The molecule has 0 aliphatic heterocycles. The molecular formula is C14H18ClNO3S. The van der Waals surface area contributed by atoms with E-state index in [1.807, 2.05) is 6.92 Å². The maximum atomic E-state index is 12.3. The molecule has 1 amide bonds. The molecule has 0 radical (unpaired) electrons. The first kappa shape index (κ1) is 15.3. The van der Waals surface area contributed by atoms with Gasteiger partial charge in [0, 0.05) is 21.8 Å². The van der Waals surface area contributed by atoms with Gasteiger partial charge >= 0.3 is 0 Å². The third-order valence-corrected chi connectivity index (χ3v) is 5.05. The summed E-state index contributed by atoms with van der Waals surface area (Å²) in [7, 11) is 1.51. The monoisotopic (exact) mass is 315 g/mol. The van der Waals surface area contributed by atoms with E-state index in [0.717, 1.165) is 25.7 Å². The van der Waals surface area contributed by atoms with Gasteiger partial charge in [0.05, 0.1) is 4.90 Å². The summed E-state index contributed by atoms with van der Waals surface area (Å²) in [6, 6.07) is 4.44. The molecule has 1 aliphatic carbocycles. The first-order valence-corrected chi connectivity index (χ1v) is 8.89. The van der Waals surface area contributed by atoms with Crippen LogP contribution >= 0.6 is 10.7 Å². The van der Waals surface area contributed by atoms with E-state index in [-0.39, 0.29) is 16.3 Å². The zero-order valence-corrected chi connectivity index (χ0v) is 13.1. The van der Waals surface area contributed by atoms with Crippen molar-refractivity contribution in [2.45, 2.75) is 50.0 Å². The highest BCUT2D eigenvalue weighted by Gasteiger charge is 2.30. The van der Waals surface area contributed by atoms with Crippen molar-refractivity contribution in [3.05, 3.63) is 29.3 Å². The Hall–Kier alpha value is -1.07. The summed E-state index contributed by atoms with van der Waals surface area (Å²) in [5.74, 6) is -0.250. The lowest BCUT2D eigenvalue weighted by atomic mass is 10.00. The molecule has 0 atom stereocenters. The van der Waals surface area contributed by atoms with Gasteiger partial charge in [0.2, 0.25) is 0 Å². The summed E-state index contributed by atoms with van der Waals surface area (Å²) in [4.78, 5) is 12.2. The highest BCUT2D eigenvalue weighted by atomic mass is 35.7. The number of amides is 1. The zero-order valence-electron chi connectivity index (χ0n) is 11.6. The van der Waals surface area contributed by atoms with Crippen LogP contribution < -0.4 is 5.32 Å². The van der Waals surface area contributed by atoms with Crippen molar-refractivity contribution in [2.24, 2.45) is 0 Å².